The Bertz CT molecular complexity index is 989. The molecule has 1 aromatic heterocycles. The maximum atomic E-state index is 12.8. The first-order valence-corrected chi connectivity index (χ1v) is 8.54. The van der Waals surface area contributed by atoms with E-state index >= 15 is 0 Å². The summed E-state index contributed by atoms with van der Waals surface area (Å²) in [5, 5.41) is 12.1. The van der Waals surface area contributed by atoms with Crippen molar-refractivity contribution >= 4 is 17.5 Å². The molecule has 10 heteroatoms. The Kier molecular flexibility index (Phi) is 5.64. The number of nitrogens with zero attached hydrogens (tertiary/aromatic N) is 5. The van der Waals surface area contributed by atoms with Gasteiger partial charge in [-0.15, -0.1) is 10.2 Å². The summed E-state index contributed by atoms with van der Waals surface area (Å²) in [6.07, 6.45) is -4.47. The van der Waals surface area contributed by atoms with Crippen LogP contribution in [0.25, 0.3) is 11.4 Å². The zero-order chi connectivity index (χ0) is 20.3. The molecular formula is C18H15ClF3N5O. The van der Waals surface area contributed by atoms with E-state index in [9.17, 15) is 18.0 Å². The van der Waals surface area contributed by atoms with Crippen LogP contribution in [0.2, 0.25) is 5.02 Å². The van der Waals surface area contributed by atoms with E-state index in [1.54, 1.807) is 25.2 Å². The molecule has 3 rings (SSSR count). The predicted molar refractivity (Wildman–Crippen MR) is 96.2 cm³/mol. The van der Waals surface area contributed by atoms with Crippen molar-refractivity contribution in [3.8, 4) is 11.4 Å². The number of carbonyl (C=O) groups excluding carboxylic acids is 1. The van der Waals surface area contributed by atoms with Gasteiger partial charge in [-0.1, -0.05) is 35.9 Å². The van der Waals surface area contributed by atoms with Crippen molar-refractivity contribution in [2.45, 2.75) is 19.3 Å². The lowest BCUT2D eigenvalue weighted by Gasteiger charge is -2.16. The predicted octanol–water partition coefficient (Wildman–Crippen LogP) is 3.67. The van der Waals surface area contributed by atoms with E-state index in [-0.39, 0.29) is 23.8 Å². The third-order valence-corrected chi connectivity index (χ3v) is 4.15. The van der Waals surface area contributed by atoms with Crippen LogP contribution in [-0.2, 0) is 24.1 Å². The van der Waals surface area contributed by atoms with Gasteiger partial charge in [-0.3, -0.25) is 4.79 Å². The highest BCUT2D eigenvalue weighted by Crippen LogP contribution is 2.31. The average molecular weight is 410 g/mol. The minimum absolute atomic E-state index is 0.0106. The van der Waals surface area contributed by atoms with Crippen molar-refractivity contribution in [2.75, 3.05) is 7.05 Å². The normalized spacial score (nSPS) is 11.5. The number of likely N-dealkylation sites (N-methyl/N-ethyl adjacent to an activating group) is 1. The van der Waals surface area contributed by atoms with E-state index in [0.29, 0.717) is 11.6 Å². The standard InChI is InChI=1S/C18H15ClF3N5O/c1-26(10-12-4-2-7-15(19)8-12)16(28)11-27-24-17(23-25-27)13-5-3-6-14(9-13)18(20,21)22/h2-9H,10-11H2,1H3. The van der Waals surface area contributed by atoms with Crippen LogP contribution in [0.15, 0.2) is 48.5 Å². The number of hydrogen-bond donors (Lipinski definition) is 0. The van der Waals surface area contributed by atoms with Gasteiger partial charge in [0.05, 0.1) is 5.56 Å². The summed E-state index contributed by atoms with van der Waals surface area (Å²) >= 11 is 5.93. The van der Waals surface area contributed by atoms with Gasteiger partial charge >= 0.3 is 6.18 Å². The SMILES string of the molecule is CN(Cc1cccc(Cl)c1)C(=O)Cn1nnc(-c2cccc(C(F)(F)F)c2)n1. The summed E-state index contributed by atoms with van der Waals surface area (Å²) in [5.74, 6) is -0.274. The molecular weight excluding hydrogens is 395 g/mol. The van der Waals surface area contributed by atoms with Gasteiger partial charge in [0, 0.05) is 24.2 Å². The van der Waals surface area contributed by atoms with E-state index in [1.165, 1.54) is 17.0 Å². The van der Waals surface area contributed by atoms with Crippen LogP contribution in [0.1, 0.15) is 11.1 Å². The Labute approximate surface area is 163 Å². The van der Waals surface area contributed by atoms with Crippen molar-refractivity contribution in [1.82, 2.24) is 25.1 Å². The zero-order valence-corrected chi connectivity index (χ0v) is 15.4. The van der Waals surface area contributed by atoms with Crippen LogP contribution in [0, 0.1) is 0 Å². The van der Waals surface area contributed by atoms with E-state index in [4.69, 9.17) is 11.6 Å². The molecule has 0 saturated carbocycles. The third kappa shape index (κ3) is 4.86. The van der Waals surface area contributed by atoms with Gasteiger partial charge in [0.15, 0.2) is 0 Å². The number of halogens is 4. The number of carbonyl (C=O) groups is 1. The van der Waals surface area contributed by atoms with Gasteiger partial charge in [-0.05, 0) is 35.0 Å². The molecule has 0 saturated heterocycles. The van der Waals surface area contributed by atoms with Crippen LogP contribution in [0.4, 0.5) is 13.2 Å². The monoisotopic (exact) mass is 409 g/mol. The fourth-order valence-electron chi connectivity index (χ4n) is 2.50. The molecule has 1 amide bonds. The van der Waals surface area contributed by atoms with Gasteiger partial charge in [-0.25, -0.2) is 0 Å². The quantitative estimate of drug-likeness (QED) is 0.645. The summed E-state index contributed by atoms with van der Waals surface area (Å²) < 4.78 is 38.5. The average Bonchev–Trinajstić information content (AvgIpc) is 3.09. The topological polar surface area (TPSA) is 63.9 Å². The highest BCUT2D eigenvalue weighted by Gasteiger charge is 2.30. The van der Waals surface area contributed by atoms with E-state index in [0.717, 1.165) is 22.5 Å². The molecule has 0 unspecified atom stereocenters. The molecule has 2 aromatic carbocycles. The largest absolute Gasteiger partial charge is 0.416 e. The van der Waals surface area contributed by atoms with Crippen LogP contribution in [0.3, 0.4) is 0 Å². The van der Waals surface area contributed by atoms with E-state index < -0.39 is 11.7 Å². The minimum atomic E-state index is -4.47. The molecule has 146 valence electrons. The number of benzene rings is 2. The minimum Gasteiger partial charge on any atom is -0.340 e. The van der Waals surface area contributed by atoms with Gasteiger partial charge in [0.2, 0.25) is 11.7 Å². The maximum absolute atomic E-state index is 12.8. The molecule has 0 bridgehead atoms. The fourth-order valence-corrected chi connectivity index (χ4v) is 2.71. The number of tetrazole rings is 1. The van der Waals surface area contributed by atoms with Gasteiger partial charge in [-0.2, -0.15) is 18.0 Å². The maximum Gasteiger partial charge on any atom is 0.416 e. The van der Waals surface area contributed by atoms with Gasteiger partial charge < -0.3 is 4.90 Å². The Morgan fingerprint density at radius 3 is 2.64 bits per heavy atom. The molecule has 0 atom stereocenters. The first kappa shape index (κ1) is 19.8. The number of rotatable bonds is 5. The van der Waals surface area contributed by atoms with Crippen LogP contribution in [-0.4, -0.2) is 38.1 Å². The molecule has 28 heavy (non-hydrogen) atoms. The number of hydrogen-bond acceptors (Lipinski definition) is 4. The van der Waals surface area contributed by atoms with E-state index in [1.807, 2.05) is 6.07 Å². The molecule has 0 N–H and O–H groups in total. The lowest BCUT2D eigenvalue weighted by molar-refractivity contribution is -0.137. The lowest BCUT2D eigenvalue weighted by atomic mass is 10.1. The molecule has 0 spiro atoms. The Morgan fingerprint density at radius 2 is 1.93 bits per heavy atom. The van der Waals surface area contributed by atoms with E-state index in [2.05, 4.69) is 15.4 Å². The zero-order valence-electron chi connectivity index (χ0n) is 14.7. The van der Waals surface area contributed by atoms with Gasteiger partial charge in [0.1, 0.15) is 6.54 Å². The molecule has 0 aliphatic rings. The van der Waals surface area contributed by atoms with Crippen molar-refractivity contribution < 1.29 is 18.0 Å². The van der Waals surface area contributed by atoms with Crippen LogP contribution in [0.5, 0.6) is 0 Å². The van der Waals surface area contributed by atoms with Crippen molar-refractivity contribution in [1.29, 1.82) is 0 Å². The second-order valence-corrected chi connectivity index (χ2v) is 6.54. The molecule has 3 aromatic rings. The van der Waals surface area contributed by atoms with Crippen LogP contribution >= 0.6 is 11.6 Å². The number of alkyl halides is 3. The van der Waals surface area contributed by atoms with Crippen molar-refractivity contribution in [3.63, 3.8) is 0 Å². The van der Waals surface area contributed by atoms with Crippen LogP contribution < -0.4 is 0 Å². The summed E-state index contributed by atoms with van der Waals surface area (Å²) in [7, 11) is 1.62. The summed E-state index contributed by atoms with van der Waals surface area (Å²) in [6, 6.07) is 11.7. The van der Waals surface area contributed by atoms with Gasteiger partial charge in [0.25, 0.3) is 0 Å². The number of amides is 1. The molecule has 1 heterocycles. The first-order valence-electron chi connectivity index (χ1n) is 8.16. The Morgan fingerprint density at radius 1 is 1.18 bits per heavy atom. The number of aromatic nitrogens is 4. The third-order valence-electron chi connectivity index (χ3n) is 3.91. The first-order chi connectivity index (χ1) is 13.2. The lowest BCUT2D eigenvalue weighted by Crippen LogP contribution is -2.30. The smallest absolute Gasteiger partial charge is 0.340 e. The summed E-state index contributed by atoms with van der Waals surface area (Å²) in [4.78, 5) is 14.9. The highest BCUT2D eigenvalue weighted by molar-refractivity contribution is 6.30. The Balaban J connectivity index is 1.68. The highest BCUT2D eigenvalue weighted by atomic mass is 35.5. The fraction of sp³-hybridized carbons (Fsp3) is 0.222. The molecule has 6 nitrogen and oxygen atoms in total. The van der Waals surface area contributed by atoms with Crippen molar-refractivity contribution in [3.05, 3.63) is 64.7 Å². The molecule has 0 radical (unpaired) electrons. The second kappa shape index (κ2) is 7.97. The molecule has 0 aliphatic heterocycles. The summed E-state index contributed by atoms with van der Waals surface area (Å²) in [6.45, 7) is 0.150. The molecule has 0 aliphatic carbocycles. The molecule has 0 fully saturated rings. The van der Waals surface area contributed by atoms with Crippen molar-refractivity contribution in [2.24, 2.45) is 0 Å². The summed E-state index contributed by atoms with van der Waals surface area (Å²) in [5.41, 5.74) is 0.221. The Hall–Kier alpha value is -2.94. The second-order valence-electron chi connectivity index (χ2n) is 6.10.